The quantitative estimate of drug-likeness (QED) is 0.520. The van der Waals surface area contributed by atoms with Crippen molar-refractivity contribution < 1.29 is 19.1 Å². The molecule has 0 aromatic heterocycles. The summed E-state index contributed by atoms with van der Waals surface area (Å²) in [6.07, 6.45) is 1.58. The van der Waals surface area contributed by atoms with Crippen molar-refractivity contribution in [1.82, 2.24) is 4.90 Å². The average molecular weight is 374 g/mol. The number of hydrogen-bond acceptors (Lipinski definition) is 4. The molecule has 0 heterocycles. The van der Waals surface area contributed by atoms with Gasteiger partial charge in [0.1, 0.15) is 24.7 Å². The van der Waals surface area contributed by atoms with E-state index in [1.54, 1.807) is 37.4 Å². The maximum absolute atomic E-state index is 12.4. The number of hydrogen-bond donors (Lipinski definition) is 0. The molecule has 0 N–H and O–H groups in total. The summed E-state index contributed by atoms with van der Waals surface area (Å²) >= 11 is 5.87. The maximum atomic E-state index is 12.4. The van der Waals surface area contributed by atoms with Gasteiger partial charge in [-0.1, -0.05) is 42.5 Å². The first-order valence-electron chi connectivity index (χ1n) is 8.01. The number of carbonyl (C=O) groups excluding carboxylic acids is 2. The lowest BCUT2D eigenvalue weighted by atomic mass is 10.1. The number of carbonyl (C=O) groups is 2. The van der Waals surface area contributed by atoms with Crippen molar-refractivity contribution in [3.63, 3.8) is 0 Å². The molecular weight excluding hydrogens is 354 g/mol. The van der Waals surface area contributed by atoms with E-state index >= 15 is 0 Å². The van der Waals surface area contributed by atoms with E-state index in [1.807, 2.05) is 18.2 Å². The van der Waals surface area contributed by atoms with Crippen LogP contribution in [-0.2, 0) is 20.7 Å². The second kappa shape index (κ2) is 9.63. The molecule has 0 atom stereocenters. The van der Waals surface area contributed by atoms with Crippen LogP contribution in [0.25, 0.3) is 0 Å². The minimum absolute atomic E-state index is 0.106. The van der Waals surface area contributed by atoms with Crippen LogP contribution in [0.3, 0.4) is 0 Å². The van der Waals surface area contributed by atoms with Gasteiger partial charge in [-0.3, -0.25) is 9.59 Å². The van der Waals surface area contributed by atoms with Crippen molar-refractivity contribution in [2.75, 3.05) is 20.2 Å². The highest BCUT2D eigenvalue weighted by Crippen LogP contribution is 2.26. The first kappa shape index (κ1) is 19.5. The van der Waals surface area contributed by atoms with E-state index in [-0.39, 0.29) is 25.5 Å². The van der Waals surface area contributed by atoms with E-state index in [9.17, 15) is 9.59 Å². The van der Waals surface area contributed by atoms with E-state index in [4.69, 9.17) is 21.1 Å². The molecule has 0 spiro atoms. The monoisotopic (exact) mass is 373 g/mol. The summed E-state index contributed by atoms with van der Waals surface area (Å²) in [6, 6.07) is 14.2. The normalized spacial score (nSPS) is 10.1. The van der Waals surface area contributed by atoms with Gasteiger partial charge in [-0.05, 0) is 30.3 Å². The summed E-state index contributed by atoms with van der Waals surface area (Å²) in [7, 11) is 1.56. The van der Waals surface area contributed by atoms with Crippen LogP contribution in [0.4, 0.5) is 0 Å². The smallest absolute Gasteiger partial charge is 0.325 e. The molecule has 0 saturated heterocycles. The van der Waals surface area contributed by atoms with E-state index in [0.717, 1.165) is 5.56 Å². The van der Waals surface area contributed by atoms with Crippen LogP contribution in [-0.4, -0.2) is 37.0 Å². The van der Waals surface area contributed by atoms with Gasteiger partial charge in [0, 0.05) is 17.6 Å². The predicted molar refractivity (Wildman–Crippen MR) is 100 cm³/mol. The third-order valence-corrected chi connectivity index (χ3v) is 3.76. The van der Waals surface area contributed by atoms with Crippen LogP contribution in [0.5, 0.6) is 11.5 Å². The lowest BCUT2D eigenvalue weighted by molar-refractivity contribution is -0.147. The number of benzene rings is 2. The molecule has 0 bridgehead atoms. The number of halogens is 1. The molecule has 0 aliphatic carbocycles. The van der Waals surface area contributed by atoms with Gasteiger partial charge in [0.05, 0.1) is 6.42 Å². The minimum Gasteiger partial charge on any atom is -0.460 e. The zero-order valence-corrected chi connectivity index (χ0v) is 15.2. The van der Waals surface area contributed by atoms with Gasteiger partial charge in [0.25, 0.3) is 0 Å². The van der Waals surface area contributed by atoms with E-state index < -0.39 is 5.97 Å². The van der Waals surface area contributed by atoms with Crippen molar-refractivity contribution in [1.29, 1.82) is 0 Å². The Morgan fingerprint density at radius 3 is 2.54 bits per heavy atom. The van der Waals surface area contributed by atoms with Crippen molar-refractivity contribution in [2.24, 2.45) is 0 Å². The van der Waals surface area contributed by atoms with E-state index in [0.29, 0.717) is 16.5 Å². The number of amides is 1. The molecule has 0 aliphatic heterocycles. The average Bonchev–Trinajstić information content (AvgIpc) is 2.63. The van der Waals surface area contributed by atoms with Crippen LogP contribution in [0.15, 0.2) is 61.2 Å². The summed E-state index contributed by atoms with van der Waals surface area (Å²) in [4.78, 5) is 25.3. The zero-order valence-electron chi connectivity index (χ0n) is 14.5. The number of likely N-dealkylation sites (N-methyl/N-ethyl adjacent to an activating group) is 1. The molecule has 0 aliphatic rings. The summed E-state index contributed by atoms with van der Waals surface area (Å²) in [5.41, 5.74) is 0.721. The van der Waals surface area contributed by atoms with Crippen LogP contribution in [0.1, 0.15) is 5.56 Å². The summed E-state index contributed by atoms with van der Waals surface area (Å²) in [5.74, 6) is 0.501. The van der Waals surface area contributed by atoms with Crippen LogP contribution >= 0.6 is 11.6 Å². The van der Waals surface area contributed by atoms with Crippen LogP contribution in [0.2, 0.25) is 5.02 Å². The highest BCUT2D eigenvalue weighted by molar-refractivity contribution is 6.30. The highest BCUT2D eigenvalue weighted by atomic mass is 35.5. The number of esters is 1. The van der Waals surface area contributed by atoms with Gasteiger partial charge in [0.15, 0.2) is 0 Å². The molecule has 0 unspecified atom stereocenters. The molecular formula is C20H20ClNO4. The fourth-order valence-corrected chi connectivity index (χ4v) is 2.28. The summed E-state index contributed by atoms with van der Waals surface area (Å²) in [5, 5.41) is 0.616. The second-order valence-electron chi connectivity index (χ2n) is 5.56. The fourth-order valence-electron chi connectivity index (χ4n) is 2.16. The van der Waals surface area contributed by atoms with Gasteiger partial charge >= 0.3 is 5.97 Å². The lowest BCUT2D eigenvalue weighted by Crippen LogP contribution is -2.34. The highest BCUT2D eigenvalue weighted by Gasteiger charge is 2.16. The Labute approximate surface area is 157 Å². The van der Waals surface area contributed by atoms with Crippen molar-refractivity contribution in [2.45, 2.75) is 6.42 Å². The molecule has 2 rings (SSSR count). The van der Waals surface area contributed by atoms with Crippen LogP contribution in [0, 0.1) is 0 Å². The zero-order chi connectivity index (χ0) is 18.9. The first-order valence-corrected chi connectivity index (χ1v) is 8.39. The molecule has 0 radical (unpaired) electrons. The molecule has 5 nitrogen and oxygen atoms in total. The molecule has 136 valence electrons. The van der Waals surface area contributed by atoms with Crippen molar-refractivity contribution in [3.05, 3.63) is 71.8 Å². The van der Waals surface area contributed by atoms with Gasteiger partial charge < -0.3 is 14.4 Å². The van der Waals surface area contributed by atoms with Crippen molar-refractivity contribution in [3.8, 4) is 11.5 Å². The molecule has 2 aromatic rings. The Hall–Kier alpha value is -2.79. The first-order chi connectivity index (χ1) is 12.5. The van der Waals surface area contributed by atoms with Gasteiger partial charge in [-0.15, -0.1) is 0 Å². The standard InChI is InChI=1S/C20H20ClNO4/c1-3-12-25-20(24)14-22(2)19(23)13-15-6-4-5-7-18(15)26-17-10-8-16(21)9-11-17/h3-11H,1,12-14H2,2H3. The lowest BCUT2D eigenvalue weighted by Gasteiger charge is -2.17. The Balaban J connectivity index is 2.02. The topological polar surface area (TPSA) is 55.8 Å². The SMILES string of the molecule is C=CCOC(=O)CN(C)C(=O)Cc1ccccc1Oc1ccc(Cl)cc1. The van der Waals surface area contributed by atoms with E-state index in [2.05, 4.69) is 6.58 Å². The number of ether oxygens (including phenoxy) is 2. The molecule has 1 amide bonds. The third kappa shape index (κ3) is 5.93. The number of para-hydroxylation sites is 1. The molecule has 2 aromatic carbocycles. The largest absolute Gasteiger partial charge is 0.460 e. The Kier molecular flexibility index (Phi) is 7.24. The van der Waals surface area contributed by atoms with Gasteiger partial charge in [-0.2, -0.15) is 0 Å². The maximum Gasteiger partial charge on any atom is 0.325 e. The summed E-state index contributed by atoms with van der Waals surface area (Å²) < 4.78 is 10.7. The molecule has 26 heavy (non-hydrogen) atoms. The van der Waals surface area contributed by atoms with Gasteiger partial charge in [0.2, 0.25) is 5.91 Å². The molecule has 0 saturated carbocycles. The van der Waals surface area contributed by atoms with Crippen molar-refractivity contribution >= 4 is 23.5 Å². The van der Waals surface area contributed by atoms with Gasteiger partial charge in [-0.25, -0.2) is 0 Å². The van der Waals surface area contributed by atoms with E-state index in [1.165, 1.54) is 11.0 Å². The van der Waals surface area contributed by atoms with Crippen LogP contribution < -0.4 is 4.74 Å². The third-order valence-electron chi connectivity index (χ3n) is 3.51. The predicted octanol–water partition coefficient (Wildman–Crippen LogP) is 3.86. The Morgan fingerprint density at radius 2 is 1.85 bits per heavy atom. The minimum atomic E-state index is -0.480. The Morgan fingerprint density at radius 1 is 1.15 bits per heavy atom. The molecule has 0 fully saturated rings. The number of nitrogens with zero attached hydrogens (tertiary/aromatic N) is 1. The Bertz CT molecular complexity index is 774. The fraction of sp³-hybridized carbons (Fsp3) is 0.200. The second-order valence-corrected chi connectivity index (χ2v) is 6.00. The molecule has 6 heteroatoms. The summed E-state index contributed by atoms with van der Waals surface area (Å²) in [6.45, 7) is 3.48. The number of rotatable bonds is 8.